The summed E-state index contributed by atoms with van der Waals surface area (Å²) in [6, 6.07) is 10.7. The molecule has 0 unspecified atom stereocenters. The molecule has 0 radical (unpaired) electrons. The molecule has 0 saturated heterocycles. The monoisotopic (exact) mass is 447 g/mol. The van der Waals surface area contributed by atoms with Gasteiger partial charge in [-0.1, -0.05) is 29.3 Å². The van der Waals surface area contributed by atoms with E-state index in [1.54, 1.807) is 42.1 Å². The molecule has 0 aromatic heterocycles. The molecule has 27 heavy (non-hydrogen) atoms. The van der Waals surface area contributed by atoms with Gasteiger partial charge in [-0.15, -0.1) is 0 Å². The summed E-state index contributed by atoms with van der Waals surface area (Å²) in [6.45, 7) is 1.59. The zero-order valence-corrected chi connectivity index (χ0v) is 18.4. The lowest BCUT2D eigenvalue weighted by Crippen LogP contribution is -2.39. The lowest BCUT2D eigenvalue weighted by atomic mass is 10.1. The van der Waals surface area contributed by atoms with Gasteiger partial charge in [-0.05, 0) is 68.2 Å². The molecule has 0 amide bonds. The van der Waals surface area contributed by atoms with Crippen LogP contribution in [0.5, 0.6) is 0 Å². The predicted octanol–water partition coefficient (Wildman–Crippen LogP) is 5.21. The van der Waals surface area contributed by atoms with Gasteiger partial charge in [0.05, 0.1) is 17.2 Å². The van der Waals surface area contributed by atoms with Crippen molar-refractivity contribution < 1.29 is 13.5 Å². The molecule has 0 saturated carbocycles. The Morgan fingerprint density at radius 2 is 1.74 bits per heavy atom. The maximum absolute atomic E-state index is 13.5. The van der Waals surface area contributed by atoms with Crippen LogP contribution in [-0.4, -0.2) is 31.6 Å². The molecule has 0 aliphatic carbocycles. The first kappa shape index (κ1) is 22.4. The Bertz CT molecular complexity index is 858. The fraction of sp³-hybridized carbons (Fsp3) is 0.368. The van der Waals surface area contributed by atoms with E-state index in [2.05, 4.69) is 0 Å². The van der Waals surface area contributed by atoms with E-state index < -0.39 is 10.0 Å². The molecule has 2 aromatic carbocycles. The number of rotatable bonds is 9. The Balaban J connectivity index is 2.56. The Hall–Kier alpha value is -0.920. The van der Waals surface area contributed by atoms with Crippen molar-refractivity contribution in [1.82, 2.24) is 0 Å². The van der Waals surface area contributed by atoms with Crippen LogP contribution < -0.4 is 4.31 Å². The molecule has 2 rings (SSSR count). The second-order valence-electron chi connectivity index (χ2n) is 6.17. The normalized spacial score (nSPS) is 12.8. The van der Waals surface area contributed by atoms with Crippen LogP contribution in [0.2, 0.25) is 10.0 Å². The zero-order valence-electron chi connectivity index (χ0n) is 15.2. The summed E-state index contributed by atoms with van der Waals surface area (Å²) in [5.41, 5.74) is 0.908. The largest absolute Gasteiger partial charge is 0.392 e. The molecular formula is C19H23Cl2NO3S2. The van der Waals surface area contributed by atoms with Crippen LogP contribution in [0.15, 0.2) is 47.4 Å². The number of aliphatic hydroxyl groups is 1. The van der Waals surface area contributed by atoms with Crippen LogP contribution in [0.3, 0.4) is 0 Å². The van der Waals surface area contributed by atoms with Gasteiger partial charge in [0.25, 0.3) is 10.0 Å². The van der Waals surface area contributed by atoms with Gasteiger partial charge in [0, 0.05) is 21.7 Å². The lowest BCUT2D eigenvalue weighted by Gasteiger charge is -2.32. The number of nitrogens with zero attached hydrogens (tertiary/aromatic N) is 1. The van der Waals surface area contributed by atoms with Gasteiger partial charge >= 0.3 is 0 Å². The van der Waals surface area contributed by atoms with Crippen molar-refractivity contribution in [3.63, 3.8) is 0 Å². The van der Waals surface area contributed by atoms with E-state index in [9.17, 15) is 13.5 Å². The fourth-order valence-corrected chi connectivity index (χ4v) is 5.30. The second kappa shape index (κ2) is 10.0. The Kier molecular flexibility index (Phi) is 8.31. The Labute approximate surface area is 175 Å². The highest BCUT2D eigenvalue weighted by molar-refractivity contribution is 7.98. The van der Waals surface area contributed by atoms with Gasteiger partial charge in [0.15, 0.2) is 0 Å². The number of hydrogen-bond donors (Lipinski definition) is 1. The minimum absolute atomic E-state index is 0.146. The van der Waals surface area contributed by atoms with E-state index in [0.717, 1.165) is 12.2 Å². The minimum atomic E-state index is -3.86. The van der Waals surface area contributed by atoms with Crippen LogP contribution in [0.4, 0.5) is 5.69 Å². The van der Waals surface area contributed by atoms with Crippen molar-refractivity contribution in [3.8, 4) is 0 Å². The number of aliphatic hydroxyl groups excluding tert-OH is 1. The molecule has 0 heterocycles. The van der Waals surface area contributed by atoms with E-state index in [4.69, 9.17) is 23.2 Å². The number of hydrogen-bond acceptors (Lipinski definition) is 4. The summed E-state index contributed by atoms with van der Waals surface area (Å²) in [4.78, 5) is 0.146. The molecule has 0 aliphatic rings. The van der Waals surface area contributed by atoms with Gasteiger partial charge in [0.1, 0.15) is 0 Å². The fourth-order valence-electron chi connectivity index (χ4n) is 2.84. The number of sulfonamides is 1. The highest BCUT2D eigenvalue weighted by atomic mass is 35.5. The highest BCUT2D eigenvalue weighted by Crippen LogP contribution is 2.33. The third-order valence-electron chi connectivity index (χ3n) is 4.20. The summed E-state index contributed by atoms with van der Waals surface area (Å²) >= 11 is 13.8. The van der Waals surface area contributed by atoms with Crippen molar-refractivity contribution in [2.75, 3.05) is 16.3 Å². The zero-order chi connectivity index (χ0) is 20.0. The molecule has 1 atom stereocenters. The van der Waals surface area contributed by atoms with Crippen molar-refractivity contribution in [1.29, 1.82) is 0 Å². The average Bonchev–Trinajstić information content (AvgIpc) is 2.62. The molecule has 8 heteroatoms. The lowest BCUT2D eigenvalue weighted by molar-refractivity contribution is 0.282. The van der Waals surface area contributed by atoms with Crippen molar-refractivity contribution >= 4 is 50.7 Å². The summed E-state index contributed by atoms with van der Waals surface area (Å²) in [5, 5.41) is 10.6. The molecule has 0 aliphatic heterocycles. The molecule has 0 spiro atoms. The summed E-state index contributed by atoms with van der Waals surface area (Å²) in [5.74, 6) is 0.946. The van der Waals surface area contributed by atoms with Gasteiger partial charge in [-0.3, -0.25) is 4.31 Å². The summed E-state index contributed by atoms with van der Waals surface area (Å²) < 4.78 is 28.3. The van der Waals surface area contributed by atoms with Gasteiger partial charge in [-0.2, -0.15) is 11.8 Å². The second-order valence-corrected chi connectivity index (χ2v) is 9.84. The van der Waals surface area contributed by atoms with Gasteiger partial charge < -0.3 is 5.11 Å². The number of halogens is 2. The molecule has 0 fully saturated rings. The molecule has 4 nitrogen and oxygen atoms in total. The van der Waals surface area contributed by atoms with E-state index in [-0.39, 0.29) is 17.5 Å². The van der Waals surface area contributed by atoms with Crippen LogP contribution in [0.25, 0.3) is 0 Å². The van der Waals surface area contributed by atoms with Gasteiger partial charge in [-0.25, -0.2) is 8.42 Å². The van der Waals surface area contributed by atoms with E-state index in [1.165, 1.54) is 16.4 Å². The third-order valence-corrected chi connectivity index (χ3v) is 7.32. The molecule has 0 bridgehead atoms. The first-order valence-corrected chi connectivity index (χ1v) is 12.1. The minimum Gasteiger partial charge on any atom is -0.392 e. The summed E-state index contributed by atoms with van der Waals surface area (Å²) in [7, 11) is -3.86. The van der Waals surface area contributed by atoms with E-state index in [1.807, 2.05) is 13.2 Å². The number of anilines is 1. The highest BCUT2D eigenvalue weighted by Gasteiger charge is 2.31. The molecule has 1 N–H and O–H groups in total. The topological polar surface area (TPSA) is 57.6 Å². The van der Waals surface area contributed by atoms with E-state index in [0.29, 0.717) is 27.7 Å². The first-order valence-electron chi connectivity index (χ1n) is 8.49. The SMILES string of the molecule is CSCCC[C@@H](C)N(c1cc(Cl)ccc1CO)S(=O)(=O)c1ccc(Cl)cc1. The third kappa shape index (κ3) is 5.55. The van der Waals surface area contributed by atoms with Crippen molar-refractivity contribution in [2.24, 2.45) is 0 Å². The molecule has 2 aromatic rings. The molecular weight excluding hydrogens is 425 g/mol. The number of thioether (sulfide) groups is 1. The van der Waals surface area contributed by atoms with Crippen LogP contribution >= 0.6 is 35.0 Å². The average molecular weight is 448 g/mol. The smallest absolute Gasteiger partial charge is 0.264 e. The Morgan fingerprint density at radius 1 is 1.11 bits per heavy atom. The Morgan fingerprint density at radius 3 is 2.33 bits per heavy atom. The summed E-state index contributed by atoms with van der Waals surface area (Å²) in [6.07, 6.45) is 3.59. The van der Waals surface area contributed by atoms with Gasteiger partial charge in [0.2, 0.25) is 0 Å². The van der Waals surface area contributed by atoms with Crippen LogP contribution in [-0.2, 0) is 16.6 Å². The van der Waals surface area contributed by atoms with Crippen molar-refractivity contribution in [2.45, 2.75) is 37.3 Å². The maximum Gasteiger partial charge on any atom is 0.264 e. The molecule has 148 valence electrons. The first-order chi connectivity index (χ1) is 12.8. The van der Waals surface area contributed by atoms with Crippen molar-refractivity contribution in [3.05, 3.63) is 58.1 Å². The van der Waals surface area contributed by atoms with E-state index >= 15 is 0 Å². The number of benzene rings is 2. The maximum atomic E-state index is 13.5. The standard InChI is InChI=1S/C19H23Cl2NO3S2/c1-14(4-3-11-26-2)22(19-12-17(21)6-5-15(19)13-23)27(24,25)18-9-7-16(20)8-10-18/h5-10,12,14,23H,3-4,11,13H2,1-2H3/t14-/m1/s1. The van der Waals surface area contributed by atoms with Crippen LogP contribution in [0.1, 0.15) is 25.3 Å². The predicted molar refractivity (Wildman–Crippen MR) is 116 cm³/mol. The quantitative estimate of drug-likeness (QED) is 0.535. The van der Waals surface area contributed by atoms with Crippen LogP contribution in [0, 0.1) is 0 Å².